The van der Waals surface area contributed by atoms with Crippen molar-refractivity contribution in [2.75, 3.05) is 12.9 Å². The Labute approximate surface area is 68.4 Å². The van der Waals surface area contributed by atoms with Gasteiger partial charge in [0.15, 0.2) is 0 Å². The van der Waals surface area contributed by atoms with Crippen molar-refractivity contribution in [3.63, 3.8) is 0 Å². The van der Waals surface area contributed by atoms with Gasteiger partial charge in [0.25, 0.3) is 0 Å². The maximum absolute atomic E-state index is 11.1. The first-order valence-corrected chi connectivity index (χ1v) is 5.08. The predicted molar refractivity (Wildman–Crippen MR) is 45.7 cm³/mol. The number of rotatable bonds is 3. The van der Waals surface area contributed by atoms with Crippen molar-refractivity contribution in [2.24, 2.45) is 0 Å². The Balaban J connectivity index is 4.15. The Bertz CT molecular complexity index is 203. The van der Waals surface area contributed by atoms with Gasteiger partial charge < -0.3 is 5.32 Å². The van der Waals surface area contributed by atoms with E-state index in [0.29, 0.717) is 0 Å². The van der Waals surface area contributed by atoms with Crippen molar-refractivity contribution in [2.45, 2.75) is 26.3 Å². The average Bonchev–Trinajstić information content (AvgIpc) is 1.55. The molecular formula is C6H16N2O2S. The van der Waals surface area contributed by atoms with Crippen molar-refractivity contribution in [3.8, 4) is 0 Å². The predicted octanol–water partition coefficient (Wildman–Crippen LogP) is -0.119. The molecule has 11 heavy (non-hydrogen) atoms. The van der Waals surface area contributed by atoms with Crippen molar-refractivity contribution in [1.29, 1.82) is 0 Å². The molecule has 5 heteroatoms. The van der Waals surface area contributed by atoms with Gasteiger partial charge in [0, 0.05) is 5.54 Å². The lowest BCUT2D eigenvalue weighted by Crippen LogP contribution is -2.43. The standard InChI is InChI=1S/C6H16N2O2S/c1-6(2,3)8-11(9,10)5-7-4/h7-8H,5H2,1-4H3. The van der Waals surface area contributed by atoms with E-state index in [2.05, 4.69) is 10.0 Å². The van der Waals surface area contributed by atoms with E-state index >= 15 is 0 Å². The molecule has 0 aromatic rings. The van der Waals surface area contributed by atoms with E-state index in [0.717, 1.165) is 0 Å². The van der Waals surface area contributed by atoms with Gasteiger partial charge in [0.05, 0.1) is 0 Å². The van der Waals surface area contributed by atoms with Crippen molar-refractivity contribution < 1.29 is 8.42 Å². The fourth-order valence-corrected chi connectivity index (χ4v) is 2.08. The third-order valence-electron chi connectivity index (χ3n) is 0.796. The molecule has 0 fully saturated rings. The van der Waals surface area contributed by atoms with Gasteiger partial charge in [-0.05, 0) is 27.8 Å². The maximum atomic E-state index is 11.1. The molecule has 0 rings (SSSR count). The summed E-state index contributed by atoms with van der Waals surface area (Å²) in [4.78, 5) is 0. The van der Waals surface area contributed by atoms with Crippen molar-refractivity contribution >= 4 is 10.0 Å². The Kier molecular flexibility index (Phi) is 3.47. The zero-order valence-electron chi connectivity index (χ0n) is 7.43. The highest BCUT2D eigenvalue weighted by Crippen LogP contribution is 2.00. The van der Waals surface area contributed by atoms with Crippen LogP contribution in [0.5, 0.6) is 0 Å². The molecule has 0 saturated carbocycles. The first kappa shape index (κ1) is 10.9. The normalized spacial score (nSPS) is 13.5. The minimum atomic E-state index is -3.15. The second-order valence-corrected chi connectivity index (χ2v) is 5.19. The van der Waals surface area contributed by atoms with Crippen LogP contribution < -0.4 is 10.0 Å². The molecule has 0 aliphatic heterocycles. The number of hydrogen-bond donors (Lipinski definition) is 2. The van der Waals surface area contributed by atoms with Gasteiger partial charge >= 0.3 is 0 Å². The second kappa shape index (κ2) is 3.51. The fraction of sp³-hybridized carbons (Fsp3) is 1.00. The van der Waals surface area contributed by atoms with Crippen LogP contribution in [-0.2, 0) is 10.0 Å². The second-order valence-electron chi connectivity index (χ2n) is 3.46. The lowest BCUT2D eigenvalue weighted by molar-refractivity contribution is 0.489. The summed E-state index contributed by atoms with van der Waals surface area (Å²) in [6.45, 7) is 5.42. The van der Waals surface area contributed by atoms with Crippen LogP contribution >= 0.6 is 0 Å². The lowest BCUT2D eigenvalue weighted by atomic mass is 10.1. The van der Waals surface area contributed by atoms with Gasteiger partial charge in [0.1, 0.15) is 5.88 Å². The molecule has 2 N–H and O–H groups in total. The van der Waals surface area contributed by atoms with Gasteiger partial charge in [-0.3, -0.25) is 0 Å². The van der Waals surface area contributed by atoms with Crippen LogP contribution in [0, 0.1) is 0 Å². The van der Waals surface area contributed by atoms with Crippen LogP contribution in [0.2, 0.25) is 0 Å². The van der Waals surface area contributed by atoms with Crippen LogP contribution in [0.4, 0.5) is 0 Å². The molecule has 0 amide bonds. The summed E-state index contributed by atoms with van der Waals surface area (Å²) >= 11 is 0. The third-order valence-corrected chi connectivity index (χ3v) is 2.39. The Morgan fingerprint density at radius 2 is 1.73 bits per heavy atom. The molecule has 0 heterocycles. The highest BCUT2D eigenvalue weighted by molar-refractivity contribution is 7.89. The van der Waals surface area contributed by atoms with Gasteiger partial charge in [-0.15, -0.1) is 0 Å². The van der Waals surface area contributed by atoms with Crippen LogP contribution in [0.25, 0.3) is 0 Å². The van der Waals surface area contributed by atoms with E-state index in [-0.39, 0.29) is 5.88 Å². The highest BCUT2D eigenvalue weighted by Gasteiger charge is 2.18. The van der Waals surface area contributed by atoms with E-state index in [9.17, 15) is 8.42 Å². The summed E-state index contributed by atoms with van der Waals surface area (Å²) in [5, 5.41) is 2.58. The van der Waals surface area contributed by atoms with Crippen LogP contribution in [0.3, 0.4) is 0 Å². The Hall–Kier alpha value is -0.130. The van der Waals surface area contributed by atoms with Crippen LogP contribution in [-0.4, -0.2) is 26.9 Å². The number of nitrogens with one attached hydrogen (secondary N) is 2. The molecule has 0 bridgehead atoms. The molecule has 0 spiro atoms. The van der Waals surface area contributed by atoms with Crippen molar-refractivity contribution in [1.82, 2.24) is 10.0 Å². The molecule has 68 valence electrons. The van der Waals surface area contributed by atoms with Crippen LogP contribution in [0.1, 0.15) is 20.8 Å². The molecular weight excluding hydrogens is 164 g/mol. The summed E-state index contributed by atoms with van der Waals surface area (Å²) in [6, 6.07) is 0. The smallest absolute Gasteiger partial charge is 0.225 e. The average molecular weight is 180 g/mol. The quantitative estimate of drug-likeness (QED) is 0.636. The first-order valence-electron chi connectivity index (χ1n) is 3.43. The summed E-state index contributed by atoms with van der Waals surface area (Å²) in [5.41, 5.74) is -0.393. The van der Waals surface area contributed by atoms with Crippen LogP contribution in [0.15, 0.2) is 0 Å². The molecule has 0 unspecified atom stereocenters. The summed E-state index contributed by atoms with van der Waals surface area (Å²) in [6.07, 6.45) is 0. The largest absolute Gasteiger partial charge is 0.306 e. The van der Waals surface area contributed by atoms with Gasteiger partial charge in [0.2, 0.25) is 10.0 Å². The Morgan fingerprint density at radius 3 is 2.00 bits per heavy atom. The first-order chi connectivity index (χ1) is 4.77. The third kappa shape index (κ3) is 6.28. The SMILES string of the molecule is CNCS(=O)(=O)NC(C)(C)C. The van der Waals surface area contributed by atoms with E-state index in [4.69, 9.17) is 0 Å². The summed E-state index contributed by atoms with van der Waals surface area (Å²) < 4.78 is 24.7. The van der Waals surface area contributed by atoms with E-state index in [1.54, 1.807) is 27.8 Å². The zero-order valence-corrected chi connectivity index (χ0v) is 8.25. The molecule has 4 nitrogen and oxygen atoms in total. The number of hydrogen-bond acceptors (Lipinski definition) is 3. The molecule has 0 aliphatic rings. The summed E-state index contributed by atoms with van der Waals surface area (Å²) in [5.74, 6) is -0.0374. The molecule has 0 aliphatic carbocycles. The highest BCUT2D eigenvalue weighted by atomic mass is 32.2. The Morgan fingerprint density at radius 1 is 1.27 bits per heavy atom. The maximum Gasteiger partial charge on any atom is 0.225 e. The lowest BCUT2D eigenvalue weighted by Gasteiger charge is -2.19. The topological polar surface area (TPSA) is 58.2 Å². The molecule has 0 atom stereocenters. The zero-order chi connectivity index (χ0) is 9.12. The molecule has 0 aromatic heterocycles. The molecule has 0 saturated heterocycles. The fourth-order valence-electron chi connectivity index (χ4n) is 0.693. The summed E-state index contributed by atoms with van der Waals surface area (Å²) in [7, 11) is -1.55. The van der Waals surface area contributed by atoms with E-state index < -0.39 is 15.6 Å². The van der Waals surface area contributed by atoms with Crippen molar-refractivity contribution in [3.05, 3.63) is 0 Å². The molecule has 0 aromatic carbocycles. The minimum Gasteiger partial charge on any atom is -0.306 e. The van der Waals surface area contributed by atoms with Gasteiger partial charge in [-0.25, -0.2) is 13.1 Å². The van der Waals surface area contributed by atoms with E-state index in [1.807, 2.05) is 0 Å². The van der Waals surface area contributed by atoms with Gasteiger partial charge in [-0.1, -0.05) is 0 Å². The monoisotopic (exact) mass is 180 g/mol. The minimum absolute atomic E-state index is 0.0374. The van der Waals surface area contributed by atoms with E-state index in [1.165, 1.54) is 0 Å². The molecule has 0 radical (unpaired) electrons. The van der Waals surface area contributed by atoms with Gasteiger partial charge in [-0.2, -0.15) is 0 Å². The number of sulfonamides is 1.